The highest BCUT2D eigenvalue weighted by Gasteiger charge is 2.20. The van der Waals surface area contributed by atoms with Crippen LogP contribution < -0.4 is 10.2 Å². The largest absolute Gasteiger partial charge is 0.376 e. The molecule has 1 unspecified atom stereocenters. The molecule has 2 aromatic rings. The summed E-state index contributed by atoms with van der Waals surface area (Å²) < 4.78 is 7.37. The van der Waals surface area contributed by atoms with Crippen molar-refractivity contribution in [2.75, 3.05) is 35.7 Å². The average molecular weight is 388 g/mol. The van der Waals surface area contributed by atoms with E-state index in [9.17, 15) is 4.79 Å². The molecule has 0 aliphatic carbocycles. The highest BCUT2D eigenvalue weighted by molar-refractivity contribution is 7.99. The van der Waals surface area contributed by atoms with E-state index in [1.54, 1.807) is 4.68 Å². The van der Waals surface area contributed by atoms with Gasteiger partial charge < -0.3 is 15.0 Å². The van der Waals surface area contributed by atoms with Crippen molar-refractivity contribution < 1.29 is 9.53 Å². The Morgan fingerprint density at radius 3 is 2.93 bits per heavy atom. The predicted molar refractivity (Wildman–Crippen MR) is 104 cm³/mol. The van der Waals surface area contributed by atoms with Crippen LogP contribution in [-0.4, -0.2) is 57.7 Å². The van der Waals surface area contributed by atoms with Crippen LogP contribution in [0.25, 0.3) is 0 Å². The molecule has 3 heterocycles. The van der Waals surface area contributed by atoms with Crippen molar-refractivity contribution in [3.05, 3.63) is 24.3 Å². The van der Waals surface area contributed by atoms with Gasteiger partial charge in [-0.15, -0.1) is 5.10 Å². The molecule has 1 amide bonds. The third-order valence-corrected chi connectivity index (χ3v) is 5.81. The second-order valence-corrected chi connectivity index (χ2v) is 7.77. The normalized spacial score (nSPS) is 19.6. The van der Waals surface area contributed by atoms with Crippen LogP contribution >= 0.6 is 11.8 Å². The molecule has 0 radical (unpaired) electrons. The number of nitrogens with one attached hydrogen (secondary N) is 1. The first-order valence-electron chi connectivity index (χ1n) is 9.44. The Bertz CT molecular complexity index is 771. The van der Waals surface area contributed by atoms with Crippen LogP contribution in [-0.2, 0) is 16.1 Å². The molecular formula is C18H24N6O2S. The number of carbonyl (C=O) groups excluding carboxylic acids is 1. The van der Waals surface area contributed by atoms with Gasteiger partial charge in [-0.1, -0.05) is 23.9 Å². The first kappa shape index (κ1) is 18.2. The summed E-state index contributed by atoms with van der Waals surface area (Å²) >= 11 is 1.35. The molecule has 2 aliphatic heterocycles. The van der Waals surface area contributed by atoms with Gasteiger partial charge in [0.15, 0.2) is 0 Å². The maximum absolute atomic E-state index is 12.5. The van der Waals surface area contributed by atoms with Crippen molar-refractivity contribution in [3.63, 3.8) is 0 Å². The van der Waals surface area contributed by atoms with E-state index in [1.807, 2.05) is 18.2 Å². The molecule has 2 aliphatic rings. The third kappa shape index (κ3) is 4.59. The fourth-order valence-corrected chi connectivity index (χ4v) is 4.21. The molecule has 1 N–H and O–H groups in total. The Labute approximate surface area is 162 Å². The molecule has 2 fully saturated rings. The number of nitrogens with zero attached hydrogens (tertiary/aromatic N) is 5. The Hall–Kier alpha value is -2.13. The second-order valence-electron chi connectivity index (χ2n) is 6.83. The maximum Gasteiger partial charge on any atom is 0.234 e. The van der Waals surface area contributed by atoms with Crippen molar-refractivity contribution in [2.24, 2.45) is 0 Å². The predicted octanol–water partition coefficient (Wildman–Crippen LogP) is 2.18. The van der Waals surface area contributed by atoms with Crippen molar-refractivity contribution in [3.8, 4) is 0 Å². The van der Waals surface area contributed by atoms with Gasteiger partial charge in [-0.05, 0) is 48.2 Å². The molecular weight excluding hydrogens is 364 g/mol. The van der Waals surface area contributed by atoms with Crippen LogP contribution in [0.2, 0.25) is 0 Å². The van der Waals surface area contributed by atoms with E-state index < -0.39 is 0 Å². The monoisotopic (exact) mass is 388 g/mol. The Balaban J connectivity index is 1.34. The fraction of sp³-hybridized carbons (Fsp3) is 0.556. The second kappa shape index (κ2) is 8.71. The van der Waals surface area contributed by atoms with Crippen LogP contribution in [0.4, 0.5) is 11.4 Å². The lowest BCUT2D eigenvalue weighted by Crippen LogP contribution is -2.22. The fourth-order valence-electron chi connectivity index (χ4n) is 3.53. The quantitative estimate of drug-likeness (QED) is 0.728. The third-order valence-electron chi connectivity index (χ3n) is 4.86. The smallest absolute Gasteiger partial charge is 0.234 e. The number of hydrogen-bond acceptors (Lipinski definition) is 7. The molecule has 0 saturated carbocycles. The zero-order valence-electron chi connectivity index (χ0n) is 15.2. The van der Waals surface area contributed by atoms with E-state index in [2.05, 4.69) is 31.8 Å². The van der Waals surface area contributed by atoms with Gasteiger partial charge in [0.2, 0.25) is 11.1 Å². The minimum atomic E-state index is -0.0571. The van der Waals surface area contributed by atoms with E-state index in [0.717, 1.165) is 43.9 Å². The number of amides is 1. The molecule has 1 aromatic carbocycles. The van der Waals surface area contributed by atoms with Crippen LogP contribution in [0.3, 0.4) is 0 Å². The summed E-state index contributed by atoms with van der Waals surface area (Å²) in [5.74, 6) is 0.207. The number of para-hydroxylation sites is 2. The number of anilines is 2. The number of benzene rings is 1. The van der Waals surface area contributed by atoms with E-state index in [-0.39, 0.29) is 17.8 Å². The average Bonchev–Trinajstić information content (AvgIpc) is 3.44. The van der Waals surface area contributed by atoms with E-state index in [1.165, 1.54) is 24.6 Å². The molecule has 4 rings (SSSR count). The number of ether oxygens (including phenoxy) is 1. The van der Waals surface area contributed by atoms with Gasteiger partial charge in [-0.2, -0.15) is 0 Å². The number of aromatic nitrogens is 4. The Morgan fingerprint density at radius 2 is 2.11 bits per heavy atom. The molecule has 1 atom stereocenters. The van der Waals surface area contributed by atoms with Gasteiger partial charge in [-0.25, -0.2) is 4.68 Å². The number of thioether (sulfide) groups is 1. The summed E-state index contributed by atoms with van der Waals surface area (Å²) in [6.07, 6.45) is 4.66. The topological polar surface area (TPSA) is 85.2 Å². The maximum atomic E-state index is 12.5. The lowest BCUT2D eigenvalue weighted by Gasteiger charge is -2.21. The molecule has 144 valence electrons. The number of rotatable bonds is 7. The van der Waals surface area contributed by atoms with Crippen molar-refractivity contribution in [1.29, 1.82) is 0 Å². The Morgan fingerprint density at radius 1 is 1.26 bits per heavy atom. The molecule has 0 spiro atoms. The van der Waals surface area contributed by atoms with Gasteiger partial charge in [0.25, 0.3) is 0 Å². The first-order chi connectivity index (χ1) is 13.3. The minimum absolute atomic E-state index is 0.0571. The molecule has 1 aromatic heterocycles. The lowest BCUT2D eigenvalue weighted by atomic mass is 10.2. The van der Waals surface area contributed by atoms with Gasteiger partial charge in [0, 0.05) is 19.7 Å². The summed E-state index contributed by atoms with van der Waals surface area (Å²) in [6, 6.07) is 7.98. The van der Waals surface area contributed by atoms with Crippen LogP contribution in [0.5, 0.6) is 0 Å². The van der Waals surface area contributed by atoms with Crippen LogP contribution in [0.15, 0.2) is 29.4 Å². The molecule has 27 heavy (non-hydrogen) atoms. The molecule has 2 saturated heterocycles. The van der Waals surface area contributed by atoms with E-state index >= 15 is 0 Å². The first-order valence-corrected chi connectivity index (χ1v) is 10.4. The number of carbonyl (C=O) groups is 1. The zero-order valence-corrected chi connectivity index (χ0v) is 16.0. The summed E-state index contributed by atoms with van der Waals surface area (Å²) in [5.41, 5.74) is 1.96. The SMILES string of the molecule is O=C(CSc1nnnn1CC1CCCO1)Nc1ccccc1N1CCCC1. The number of tetrazole rings is 1. The molecule has 0 bridgehead atoms. The summed E-state index contributed by atoms with van der Waals surface area (Å²) in [4.78, 5) is 14.8. The van der Waals surface area contributed by atoms with Crippen LogP contribution in [0, 0.1) is 0 Å². The zero-order chi connectivity index (χ0) is 18.5. The van der Waals surface area contributed by atoms with Gasteiger partial charge >= 0.3 is 0 Å². The summed E-state index contributed by atoms with van der Waals surface area (Å²) in [7, 11) is 0. The lowest BCUT2D eigenvalue weighted by molar-refractivity contribution is -0.113. The molecule has 9 heteroatoms. The summed E-state index contributed by atoms with van der Waals surface area (Å²) in [5, 5.41) is 15.5. The summed E-state index contributed by atoms with van der Waals surface area (Å²) in [6.45, 7) is 3.52. The van der Waals surface area contributed by atoms with Crippen molar-refractivity contribution in [1.82, 2.24) is 20.2 Å². The minimum Gasteiger partial charge on any atom is -0.376 e. The van der Waals surface area contributed by atoms with E-state index in [4.69, 9.17) is 4.74 Å². The van der Waals surface area contributed by atoms with E-state index in [0.29, 0.717) is 11.7 Å². The standard InChI is InChI=1S/C18H24N6O2S/c25-17(19-15-7-1-2-8-16(15)23-9-3-4-10-23)13-27-18-20-21-22-24(18)12-14-6-5-11-26-14/h1-2,7-8,14H,3-6,9-13H2,(H,19,25). The highest BCUT2D eigenvalue weighted by atomic mass is 32.2. The highest BCUT2D eigenvalue weighted by Crippen LogP contribution is 2.29. The van der Waals surface area contributed by atoms with Gasteiger partial charge in [0.05, 0.1) is 29.8 Å². The van der Waals surface area contributed by atoms with Crippen molar-refractivity contribution in [2.45, 2.75) is 43.5 Å². The van der Waals surface area contributed by atoms with Gasteiger partial charge in [-0.3, -0.25) is 4.79 Å². The molecule has 8 nitrogen and oxygen atoms in total. The Kier molecular flexibility index (Phi) is 5.88. The number of hydrogen-bond donors (Lipinski definition) is 1. The van der Waals surface area contributed by atoms with Crippen molar-refractivity contribution >= 4 is 29.0 Å². The van der Waals surface area contributed by atoms with Gasteiger partial charge in [0.1, 0.15) is 0 Å². The van der Waals surface area contributed by atoms with Crippen LogP contribution in [0.1, 0.15) is 25.7 Å².